The van der Waals surface area contributed by atoms with E-state index >= 15 is 0 Å². The van der Waals surface area contributed by atoms with Gasteiger partial charge < -0.3 is 9.84 Å². The minimum Gasteiger partial charge on any atom is -0.447 e. The van der Waals surface area contributed by atoms with Gasteiger partial charge in [-0.1, -0.05) is 0 Å². The van der Waals surface area contributed by atoms with E-state index in [-0.39, 0.29) is 36.8 Å². The third kappa shape index (κ3) is 2.15. The second kappa shape index (κ2) is 4.21. The maximum atomic E-state index is 11.4. The van der Waals surface area contributed by atoms with Crippen LogP contribution in [-0.4, -0.2) is 61.3 Å². The van der Waals surface area contributed by atoms with Crippen molar-refractivity contribution >= 4 is 15.9 Å². The number of hydrogen-bond donors (Lipinski definition) is 1. The van der Waals surface area contributed by atoms with Crippen LogP contribution in [0.15, 0.2) is 0 Å². The molecule has 7 heteroatoms. The summed E-state index contributed by atoms with van der Waals surface area (Å²) in [7, 11) is -2.93. The lowest BCUT2D eigenvalue weighted by Crippen LogP contribution is -2.47. The van der Waals surface area contributed by atoms with Crippen molar-refractivity contribution < 1.29 is 23.1 Å². The summed E-state index contributed by atoms with van der Waals surface area (Å²) in [5, 5.41) is 9.10. The molecule has 2 rings (SSSR count). The molecule has 92 valence electrons. The van der Waals surface area contributed by atoms with Crippen molar-refractivity contribution in [3.05, 3.63) is 0 Å². The van der Waals surface area contributed by atoms with Crippen molar-refractivity contribution in [2.75, 3.05) is 24.7 Å². The van der Waals surface area contributed by atoms with Gasteiger partial charge in [-0.15, -0.1) is 0 Å². The normalized spacial score (nSPS) is 30.4. The van der Waals surface area contributed by atoms with Crippen LogP contribution in [0.1, 0.15) is 12.8 Å². The van der Waals surface area contributed by atoms with Gasteiger partial charge in [0.05, 0.1) is 24.2 Å². The maximum Gasteiger partial charge on any atom is 0.410 e. The summed E-state index contributed by atoms with van der Waals surface area (Å²) in [6, 6.07) is -0.436. The average molecular weight is 249 g/mol. The van der Waals surface area contributed by atoms with Gasteiger partial charge in [0.1, 0.15) is 16.4 Å². The molecule has 0 spiro atoms. The van der Waals surface area contributed by atoms with Gasteiger partial charge >= 0.3 is 6.09 Å². The summed E-state index contributed by atoms with van der Waals surface area (Å²) in [5.74, 6) is 0.221. The van der Waals surface area contributed by atoms with Crippen LogP contribution in [0.2, 0.25) is 0 Å². The number of carbonyl (C=O) groups excluding carboxylic acids is 1. The number of sulfone groups is 1. The van der Waals surface area contributed by atoms with E-state index in [4.69, 9.17) is 9.84 Å². The number of amides is 1. The van der Waals surface area contributed by atoms with Crippen molar-refractivity contribution in [3.63, 3.8) is 0 Å². The second-order valence-corrected chi connectivity index (χ2v) is 6.51. The van der Waals surface area contributed by atoms with Gasteiger partial charge in [0.15, 0.2) is 0 Å². The Morgan fingerprint density at radius 1 is 1.38 bits per heavy atom. The number of rotatable bonds is 2. The van der Waals surface area contributed by atoms with E-state index in [1.54, 1.807) is 0 Å². The third-order valence-corrected chi connectivity index (χ3v) is 4.85. The molecule has 2 aliphatic rings. The average Bonchev–Trinajstić information content (AvgIpc) is 2.60. The Morgan fingerprint density at radius 2 is 2.00 bits per heavy atom. The monoisotopic (exact) mass is 249 g/mol. The molecule has 16 heavy (non-hydrogen) atoms. The lowest BCUT2D eigenvalue weighted by Gasteiger charge is -2.32. The molecule has 2 heterocycles. The largest absolute Gasteiger partial charge is 0.447 e. The Bertz CT molecular complexity index is 365. The zero-order valence-electron chi connectivity index (χ0n) is 8.83. The van der Waals surface area contributed by atoms with Crippen LogP contribution in [0.4, 0.5) is 4.79 Å². The molecule has 1 amide bonds. The molecular weight excluding hydrogens is 234 g/mol. The predicted molar refractivity (Wildman–Crippen MR) is 55.7 cm³/mol. The van der Waals surface area contributed by atoms with Gasteiger partial charge in [0.2, 0.25) is 0 Å². The van der Waals surface area contributed by atoms with E-state index in [1.807, 2.05) is 0 Å². The SMILES string of the molecule is O=C1OCC(CO)N1C1CCS(=O)(=O)CC1. The molecule has 1 N–H and O–H groups in total. The van der Waals surface area contributed by atoms with Crippen LogP contribution < -0.4 is 0 Å². The van der Waals surface area contributed by atoms with Gasteiger partial charge in [-0.25, -0.2) is 13.2 Å². The Labute approximate surface area is 94.1 Å². The van der Waals surface area contributed by atoms with Crippen molar-refractivity contribution in [2.45, 2.75) is 24.9 Å². The standard InChI is InChI=1S/C9H15NO5S/c11-5-8-6-15-9(12)10(8)7-1-3-16(13,14)4-2-7/h7-8,11H,1-6H2. The smallest absolute Gasteiger partial charge is 0.410 e. The Hall–Kier alpha value is -0.820. The minimum absolute atomic E-state index is 0.111. The Morgan fingerprint density at radius 3 is 2.56 bits per heavy atom. The maximum absolute atomic E-state index is 11.4. The fourth-order valence-electron chi connectivity index (χ4n) is 2.22. The fraction of sp³-hybridized carbons (Fsp3) is 0.889. The molecule has 0 aromatic heterocycles. The molecular formula is C9H15NO5S. The van der Waals surface area contributed by atoms with Crippen LogP contribution >= 0.6 is 0 Å². The number of carbonyl (C=O) groups is 1. The number of cyclic esters (lactones) is 1. The number of aliphatic hydroxyl groups is 1. The van der Waals surface area contributed by atoms with E-state index in [0.717, 1.165) is 0 Å². The van der Waals surface area contributed by atoms with Gasteiger partial charge in [-0.05, 0) is 12.8 Å². The summed E-state index contributed by atoms with van der Waals surface area (Å²) in [5.41, 5.74) is 0. The first-order valence-electron chi connectivity index (χ1n) is 5.30. The molecule has 6 nitrogen and oxygen atoms in total. The summed E-state index contributed by atoms with van der Waals surface area (Å²) < 4.78 is 27.4. The van der Waals surface area contributed by atoms with Crippen LogP contribution in [-0.2, 0) is 14.6 Å². The summed E-state index contributed by atoms with van der Waals surface area (Å²) in [4.78, 5) is 12.9. The molecule has 0 aromatic carbocycles. The highest BCUT2D eigenvalue weighted by molar-refractivity contribution is 7.91. The van der Waals surface area contributed by atoms with Crippen LogP contribution in [0.5, 0.6) is 0 Å². The second-order valence-electron chi connectivity index (χ2n) is 4.20. The van der Waals surface area contributed by atoms with E-state index in [0.29, 0.717) is 12.8 Å². The summed E-state index contributed by atoms with van der Waals surface area (Å²) in [6.07, 6.45) is 0.436. The summed E-state index contributed by atoms with van der Waals surface area (Å²) >= 11 is 0. The van der Waals surface area contributed by atoms with E-state index in [2.05, 4.69) is 0 Å². The van der Waals surface area contributed by atoms with Crippen LogP contribution in [0.3, 0.4) is 0 Å². The van der Waals surface area contributed by atoms with Gasteiger partial charge in [0.25, 0.3) is 0 Å². The number of hydrogen-bond acceptors (Lipinski definition) is 5. The molecule has 2 aliphatic heterocycles. The van der Waals surface area contributed by atoms with Crippen molar-refractivity contribution in [1.29, 1.82) is 0 Å². The highest BCUT2D eigenvalue weighted by Crippen LogP contribution is 2.24. The molecule has 0 aliphatic carbocycles. The summed E-state index contributed by atoms with van der Waals surface area (Å²) in [6.45, 7) is 0.0492. The van der Waals surface area contributed by atoms with Gasteiger partial charge in [-0.2, -0.15) is 0 Å². The van der Waals surface area contributed by atoms with Crippen LogP contribution in [0, 0.1) is 0 Å². The Kier molecular flexibility index (Phi) is 3.07. The van der Waals surface area contributed by atoms with E-state index < -0.39 is 15.9 Å². The molecule has 2 fully saturated rings. The van der Waals surface area contributed by atoms with Gasteiger partial charge in [0, 0.05) is 6.04 Å². The van der Waals surface area contributed by atoms with Crippen molar-refractivity contribution in [3.8, 4) is 0 Å². The van der Waals surface area contributed by atoms with Crippen molar-refractivity contribution in [1.82, 2.24) is 4.90 Å². The highest BCUT2D eigenvalue weighted by atomic mass is 32.2. The lowest BCUT2D eigenvalue weighted by molar-refractivity contribution is 0.125. The van der Waals surface area contributed by atoms with E-state index in [9.17, 15) is 13.2 Å². The highest BCUT2D eigenvalue weighted by Gasteiger charge is 2.39. The topological polar surface area (TPSA) is 83.9 Å². The first-order chi connectivity index (χ1) is 7.53. The molecule has 0 radical (unpaired) electrons. The zero-order valence-corrected chi connectivity index (χ0v) is 9.65. The first-order valence-corrected chi connectivity index (χ1v) is 7.12. The quantitative estimate of drug-likeness (QED) is 0.705. The lowest BCUT2D eigenvalue weighted by atomic mass is 10.1. The van der Waals surface area contributed by atoms with Crippen LogP contribution in [0.25, 0.3) is 0 Å². The molecule has 2 saturated heterocycles. The molecule has 0 aromatic rings. The van der Waals surface area contributed by atoms with Crippen molar-refractivity contribution in [2.24, 2.45) is 0 Å². The number of aliphatic hydroxyl groups excluding tert-OH is 1. The molecule has 1 atom stereocenters. The Balaban J connectivity index is 2.05. The molecule has 0 bridgehead atoms. The fourth-order valence-corrected chi connectivity index (χ4v) is 3.68. The zero-order chi connectivity index (χ0) is 11.8. The third-order valence-electron chi connectivity index (χ3n) is 3.13. The number of nitrogens with zero attached hydrogens (tertiary/aromatic N) is 1. The predicted octanol–water partition coefficient (Wildman–Crippen LogP) is -0.623. The van der Waals surface area contributed by atoms with Gasteiger partial charge in [-0.3, -0.25) is 4.90 Å². The van der Waals surface area contributed by atoms with E-state index in [1.165, 1.54) is 4.90 Å². The molecule has 0 saturated carbocycles. The first kappa shape index (κ1) is 11.7. The molecule has 1 unspecified atom stereocenters. The minimum atomic E-state index is -2.93. The number of ether oxygens (including phenoxy) is 1.